The highest BCUT2D eigenvalue weighted by atomic mass is 35.5. The second-order valence-electron chi connectivity index (χ2n) is 4.79. The van der Waals surface area contributed by atoms with Gasteiger partial charge in [-0.2, -0.15) is 0 Å². The maximum absolute atomic E-state index is 11.9. The van der Waals surface area contributed by atoms with E-state index in [4.69, 9.17) is 23.2 Å². The minimum Gasteiger partial charge on any atom is -0.326 e. The number of carbonyl (C=O) groups excluding carboxylic acids is 3. The largest absolute Gasteiger partial charge is 0.326 e. The van der Waals surface area contributed by atoms with Crippen LogP contribution in [0.4, 0.5) is 17.1 Å². The van der Waals surface area contributed by atoms with E-state index in [9.17, 15) is 14.4 Å². The van der Waals surface area contributed by atoms with Gasteiger partial charge >= 0.3 is 11.8 Å². The second kappa shape index (κ2) is 7.81. The van der Waals surface area contributed by atoms with Gasteiger partial charge in [-0.3, -0.25) is 14.4 Å². The number of benzene rings is 2. The molecule has 0 atom stereocenters. The molecule has 0 saturated carbocycles. The summed E-state index contributed by atoms with van der Waals surface area (Å²) in [5, 5.41) is 8.08. The molecule has 24 heavy (non-hydrogen) atoms. The van der Waals surface area contributed by atoms with Gasteiger partial charge in [-0.1, -0.05) is 23.2 Å². The van der Waals surface area contributed by atoms with Crippen LogP contribution in [0.25, 0.3) is 0 Å². The zero-order valence-electron chi connectivity index (χ0n) is 12.5. The first-order chi connectivity index (χ1) is 11.3. The number of hydrogen-bond donors (Lipinski definition) is 3. The molecular formula is C16H13Cl2N3O3. The predicted molar refractivity (Wildman–Crippen MR) is 94.5 cm³/mol. The summed E-state index contributed by atoms with van der Waals surface area (Å²) < 4.78 is 0. The smallest absolute Gasteiger partial charge is 0.314 e. The van der Waals surface area contributed by atoms with Crippen LogP contribution < -0.4 is 16.0 Å². The molecule has 8 heteroatoms. The summed E-state index contributed by atoms with van der Waals surface area (Å²) in [6.45, 7) is 1.39. The Bertz CT molecular complexity index is 792. The van der Waals surface area contributed by atoms with Gasteiger partial charge in [-0.25, -0.2) is 0 Å². The Morgan fingerprint density at radius 1 is 0.792 bits per heavy atom. The maximum atomic E-state index is 11.9. The van der Waals surface area contributed by atoms with E-state index >= 15 is 0 Å². The number of anilines is 3. The topological polar surface area (TPSA) is 87.3 Å². The van der Waals surface area contributed by atoms with E-state index in [0.717, 1.165) is 0 Å². The third-order valence-electron chi connectivity index (χ3n) is 2.85. The highest BCUT2D eigenvalue weighted by Crippen LogP contribution is 2.25. The van der Waals surface area contributed by atoms with Crippen LogP contribution in [0.2, 0.25) is 10.0 Å². The summed E-state index contributed by atoms with van der Waals surface area (Å²) in [6.07, 6.45) is 0. The normalized spacial score (nSPS) is 9.96. The van der Waals surface area contributed by atoms with Gasteiger partial charge in [-0.05, 0) is 42.5 Å². The number of halogens is 2. The quantitative estimate of drug-likeness (QED) is 0.727. The van der Waals surface area contributed by atoms with Crippen molar-refractivity contribution in [3.63, 3.8) is 0 Å². The summed E-state index contributed by atoms with van der Waals surface area (Å²) in [5.74, 6) is -1.93. The lowest BCUT2D eigenvalue weighted by molar-refractivity contribution is -0.132. The summed E-state index contributed by atoms with van der Waals surface area (Å²) >= 11 is 11.7. The molecule has 6 nitrogen and oxygen atoms in total. The van der Waals surface area contributed by atoms with E-state index in [2.05, 4.69) is 16.0 Å². The Morgan fingerprint density at radius 3 is 1.88 bits per heavy atom. The average molecular weight is 366 g/mol. The molecule has 3 amide bonds. The highest BCUT2D eigenvalue weighted by molar-refractivity contribution is 6.45. The van der Waals surface area contributed by atoms with Crippen molar-refractivity contribution in [2.24, 2.45) is 0 Å². The third kappa shape index (κ3) is 4.97. The van der Waals surface area contributed by atoms with Crippen LogP contribution in [0.5, 0.6) is 0 Å². The number of amides is 3. The van der Waals surface area contributed by atoms with Crippen molar-refractivity contribution >= 4 is 58.0 Å². The molecule has 0 radical (unpaired) electrons. The Balaban J connectivity index is 1.98. The van der Waals surface area contributed by atoms with Crippen LogP contribution in [0, 0.1) is 0 Å². The summed E-state index contributed by atoms with van der Waals surface area (Å²) in [7, 11) is 0. The predicted octanol–water partition coefficient (Wildman–Crippen LogP) is 3.53. The number of carbonyl (C=O) groups is 3. The minimum atomic E-state index is -0.870. The minimum absolute atomic E-state index is 0.203. The summed E-state index contributed by atoms with van der Waals surface area (Å²) in [5.41, 5.74) is 1.27. The van der Waals surface area contributed by atoms with Gasteiger partial charge in [0.05, 0.1) is 10.7 Å². The van der Waals surface area contributed by atoms with Crippen LogP contribution in [0.15, 0.2) is 42.5 Å². The summed E-state index contributed by atoms with van der Waals surface area (Å²) in [4.78, 5) is 34.7. The number of nitrogens with one attached hydrogen (secondary N) is 3. The molecule has 3 N–H and O–H groups in total. The van der Waals surface area contributed by atoms with Gasteiger partial charge in [0.15, 0.2) is 0 Å². The lowest BCUT2D eigenvalue weighted by Gasteiger charge is -2.09. The average Bonchev–Trinajstić information content (AvgIpc) is 2.51. The first-order valence-electron chi connectivity index (χ1n) is 6.80. The molecule has 2 aromatic rings. The molecule has 124 valence electrons. The van der Waals surface area contributed by atoms with E-state index in [1.165, 1.54) is 19.1 Å². The Morgan fingerprint density at radius 2 is 1.33 bits per heavy atom. The van der Waals surface area contributed by atoms with Gasteiger partial charge in [0.25, 0.3) is 0 Å². The van der Waals surface area contributed by atoms with E-state index in [1.807, 2.05) is 0 Å². The Hall–Kier alpha value is -2.57. The van der Waals surface area contributed by atoms with Crippen molar-refractivity contribution in [3.05, 3.63) is 52.5 Å². The maximum Gasteiger partial charge on any atom is 0.314 e. The first-order valence-corrected chi connectivity index (χ1v) is 7.56. The molecule has 0 bridgehead atoms. The van der Waals surface area contributed by atoms with Gasteiger partial charge in [0.2, 0.25) is 5.91 Å². The van der Waals surface area contributed by atoms with Gasteiger partial charge in [0.1, 0.15) is 0 Å². The van der Waals surface area contributed by atoms with Crippen molar-refractivity contribution in [3.8, 4) is 0 Å². The van der Waals surface area contributed by atoms with Crippen LogP contribution in [-0.4, -0.2) is 17.7 Å². The van der Waals surface area contributed by atoms with Crippen LogP contribution >= 0.6 is 23.2 Å². The Labute approximate surface area is 148 Å². The van der Waals surface area contributed by atoms with E-state index in [0.29, 0.717) is 16.4 Å². The summed E-state index contributed by atoms with van der Waals surface area (Å²) in [6, 6.07) is 10.8. The van der Waals surface area contributed by atoms with E-state index in [-0.39, 0.29) is 16.6 Å². The Kier molecular flexibility index (Phi) is 5.78. The molecule has 0 saturated heterocycles. The highest BCUT2D eigenvalue weighted by Gasteiger charge is 2.15. The van der Waals surface area contributed by atoms with Crippen molar-refractivity contribution in [2.45, 2.75) is 6.92 Å². The third-order valence-corrected chi connectivity index (χ3v) is 3.40. The molecule has 0 spiro atoms. The molecule has 0 aromatic heterocycles. The number of rotatable bonds is 3. The van der Waals surface area contributed by atoms with E-state index in [1.54, 1.807) is 30.3 Å². The lowest BCUT2D eigenvalue weighted by atomic mass is 10.2. The molecular weight excluding hydrogens is 353 g/mol. The van der Waals surface area contributed by atoms with Crippen LogP contribution in [0.1, 0.15) is 6.92 Å². The fourth-order valence-corrected chi connectivity index (χ4v) is 2.25. The molecule has 0 aliphatic carbocycles. The molecule has 0 unspecified atom stereocenters. The van der Waals surface area contributed by atoms with Crippen molar-refractivity contribution in [1.82, 2.24) is 0 Å². The van der Waals surface area contributed by atoms with E-state index < -0.39 is 11.8 Å². The second-order valence-corrected chi connectivity index (χ2v) is 5.63. The molecule has 0 aliphatic rings. The molecule has 0 heterocycles. The van der Waals surface area contributed by atoms with Crippen molar-refractivity contribution < 1.29 is 14.4 Å². The van der Waals surface area contributed by atoms with Gasteiger partial charge in [0, 0.05) is 23.3 Å². The standard InChI is InChI=1S/C16H13Cl2N3O3/c1-9(22)19-11-3-5-12(6-4-11)20-15(23)16(24)21-14-7-2-10(17)8-13(14)18/h2-8H,1H3,(H,19,22)(H,20,23)(H,21,24). The molecule has 2 aromatic carbocycles. The lowest BCUT2D eigenvalue weighted by Crippen LogP contribution is -2.29. The van der Waals surface area contributed by atoms with Crippen molar-refractivity contribution in [2.75, 3.05) is 16.0 Å². The SMILES string of the molecule is CC(=O)Nc1ccc(NC(=O)C(=O)Nc2ccc(Cl)cc2Cl)cc1. The van der Waals surface area contributed by atoms with Crippen LogP contribution in [-0.2, 0) is 14.4 Å². The fourth-order valence-electron chi connectivity index (χ4n) is 1.80. The molecule has 2 rings (SSSR count). The zero-order chi connectivity index (χ0) is 17.7. The first kappa shape index (κ1) is 17.8. The van der Waals surface area contributed by atoms with Crippen LogP contribution in [0.3, 0.4) is 0 Å². The fraction of sp³-hybridized carbons (Fsp3) is 0.0625. The number of hydrogen-bond acceptors (Lipinski definition) is 3. The van der Waals surface area contributed by atoms with Gasteiger partial charge in [-0.15, -0.1) is 0 Å². The monoisotopic (exact) mass is 365 g/mol. The molecule has 0 fully saturated rings. The van der Waals surface area contributed by atoms with Crippen molar-refractivity contribution in [1.29, 1.82) is 0 Å². The molecule has 0 aliphatic heterocycles. The van der Waals surface area contributed by atoms with Gasteiger partial charge < -0.3 is 16.0 Å². The zero-order valence-corrected chi connectivity index (χ0v) is 14.0.